The van der Waals surface area contributed by atoms with Crippen LogP contribution in [0.4, 0.5) is 4.39 Å². The first-order valence-electron chi connectivity index (χ1n) is 6.80. The predicted molar refractivity (Wildman–Crippen MR) is 80.0 cm³/mol. The maximum absolute atomic E-state index is 12.5. The maximum atomic E-state index is 12.5. The third-order valence-corrected chi connectivity index (χ3v) is 3.70. The van der Waals surface area contributed by atoms with Gasteiger partial charge in [-0.3, -0.25) is 9.18 Å². The average Bonchev–Trinajstić information content (AvgIpc) is 2.78. The van der Waals surface area contributed by atoms with Gasteiger partial charge in [0.1, 0.15) is 0 Å². The maximum Gasteiger partial charge on any atom is 0.159 e. The molecule has 0 saturated carbocycles. The summed E-state index contributed by atoms with van der Waals surface area (Å²) in [6, 6.07) is 13.9. The zero-order chi connectivity index (χ0) is 14.1. The number of benzene rings is 2. The van der Waals surface area contributed by atoms with Crippen LogP contribution in [-0.2, 0) is 6.54 Å². The zero-order valence-electron chi connectivity index (χ0n) is 11.4. The van der Waals surface area contributed by atoms with Gasteiger partial charge in [-0.1, -0.05) is 30.3 Å². The molecular weight excluding hydrogens is 253 g/mol. The number of hydrogen-bond donors (Lipinski definition) is 0. The average molecular weight is 269 g/mol. The van der Waals surface area contributed by atoms with E-state index in [0.717, 1.165) is 21.8 Å². The number of para-hydroxylation sites is 1. The minimum absolute atomic E-state index is 0.0502. The number of nitrogens with zero attached hydrogens (tertiary/aromatic N) is 1. The molecule has 2 nitrogen and oxygen atoms in total. The summed E-state index contributed by atoms with van der Waals surface area (Å²) in [6.07, 6.45) is 0.484. The number of carbonyl (C=O) groups is 1. The van der Waals surface area contributed by atoms with Crippen LogP contribution in [0.3, 0.4) is 0 Å². The van der Waals surface area contributed by atoms with Crippen molar-refractivity contribution in [1.29, 1.82) is 0 Å². The van der Waals surface area contributed by atoms with Gasteiger partial charge in [-0.2, -0.15) is 0 Å². The van der Waals surface area contributed by atoms with Crippen LogP contribution >= 0.6 is 0 Å². The van der Waals surface area contributed by atoms with E-state index in [9.17, 15) is 9.18 Å². The molecule has 3 rings (SSSR count). The highest BCUT2D eigenvalue weighted by molar-refractivity contribution is 6.10. The van der Waals surface area contributed by atoms with E-state index in [0.29, 0.717) is 18.5 Å². The summed E-state index contributed by atoms with van der Waals surface area (Å²) in [5, 5.41) is 2.26. The Bertz CT molecular complexity index is 788. The largest absolute Gasteiger partial charge is 0.340 e. The first-order chi connectivity index (χ1) is 9.72. The van der Waals surface area contributed by atoms with E-state index >= 15 is 0 Å². The Morgan fingerprint density at radius 2 is 1.85 bits per heavy atom. The summed E-state index contributed by atoms with van der Waals surface area (Å²) in [5.41, 5.74) is 2.80. The van der Waals surface area contributed by atoms with Crippen LogP contribution in [0, 0.1) is 0 Å². The van der Waals surface area contributed by atoms with Crippen molar-refractivity contribution in [3.63, 3.8) is 0 Å². The van der Waals surface area contributed by atoms with Crippen LogP contribution in [0.15, 0.2) is 42.5 Å². The van der Waals surface area contributed by atoms with E-state index in [4.69, 9.17) is 0 Å². The molecule has 20 heavy (non-hydrogen) atoms. The van der Waals surface area contributed by atoms with Crippen LogP contribution in [0.1, 0.15) is 23.7 Å². The number of carbonyl (C=O) groups excluding carboxylic acids is 1. The van der Waals surface area contributed by atoms with Crippen molar-refractivity contribution in [2.45, 2.75) is 19.9 Å². The molecule has 2 aromatic carbocycles. The van der Waals surface area contributed by atoms with Gasteiger partial charge in [-0.25, -0.2) is 0 Å². The molecule has 0 aliphatic carbocycles. The predicted octanol–water partition coefficient (Wildman–Crippen LogP) is 4.36. The SMILES string of the molecule is CC(=O)c1ccc2c3ccccc3n(CCCF)c2c1. The molecule has 1 aromatic heterocycles. The van der Waals surface area contributed by atoms with E-state index in [-0.39, 0.29) is 12.5 Å². The van der Waals surface area contributed by atoms with Crippen LogP contribution < -0.4 is 0 Å². The molecule has 3 heteroatoms. The molecule has 0 atom stereocenters. The standard InChI is InChI=1S/C17H16FNO/c1-12(20)13-7-8-15-14-5-2-3-6-16(14)19(10-4-9-18)17(15)11-13/h2-3,5-8,11H,4,9-10H2,1H3. The molecule has 0 unspecified atom stereocenters. The number of hydrogen-bond acceptors (Lipinski definition) is 1. The molecule has 0 N–H and O–H groups in total. The lowest BCUT2D eigenvalue weighted by molar-refractivity contribution is 0.101. The summed E-state index contributed by atoms with van der Waals surface area (Å²) in [5.74, 6) is 0.0502. The van der Waals surface area contributed by atoms with Gasteiger partial charge in [-0.15, -0.1) is 0 Å². The summed E-state index contributed by atoms with van der Waals surface area (Å²) in [7, 11) is 0. The van der Waals surface area contributed by atoms with Crippen LogP contribution in [0.25, 0.3) is 21.8 Å². The molecule has 3 aromatic rings. The Balaban J connectivity index is 2.33. The van der Waals surface area contributed by atoms with Crippen molar-refractivity contribution in [3.8, 4) is 0 Å². The molecule has 0 aliphatic rings. The molecule has 0 bridgehead atoms. The van der Waals surface area contributed by atoms with Gasteiger partial charge >= 0.3 is 0 Å². The van der Waals surface area contributed by atoms with Gasteiger partial charge in [0.2, 0.25) is 0 Å². The Morgan fingerprint density at radius 1 is 1.10 bits per heavy atom. The minimum Gasteiger partial charge on any atom is -0.340 e. The van der Waals surface area contributed by atoms with E-state index < -0.39 is 0 Å². The third-order valence-electron chi connectivity index (χ3n) is 3.70. The van der Waals surface area contributed by atoms with Crippen molar-refractivity contribution in [1.82, 2.24) is 4.57 Å². The van der Waals surface area contributed by atoms with Gasteiger partial charge in [0.15, 0.2) is 5.78 Å². The number of fused-ring (bicyclic) bond motifs is 3. The molecule has 0 amide bonds. The zero-order valence-corrected chi connectivity index (χ0v) is 11.4. The Hall–Kier alpha value is -2.16. The van der Waals surface area contributed by atoms with E-state index in [1.807, 2.05) is 36.4 Å². The van der Waals surface area contributed by atoms with Crippen molar-refractivity contribution >= 4 is 27.6 Å². The lowest BCUT2D eigenvalue weighted by Crippen LogP contribution is -1.99. The number of alkyl halides is 1. The van der Waals surface area contributed by atoms with Gasteiger partial charge in [-0.05, 0) is 25.5 Å². The molecule has 0 radical (unpaired) electrons. The summed E-state index contributed by atoms with van der Waals surface area (Å²) >= 11 is 0. The van der Waals surface area contributed by atoms with Crippen molar-refractivity contribution < 1.29 is 9.18 Å². The second-order valence-corrected chi connectivity index (χ2v) is 5.00. The Morgan fingerprint density at radius 3 is 2.60 bits per heavy atom. The second-order valence-electron chi connectivity index (χ2n) is 5.00. The van der Waals surface area contributed by atoms with Crippen LogP contribution in [0.5, 0.6) is 0 Å². The molecular formula is C17H16FNO. The molecule has 102 valence electrons. The highest BCUT2D eigenvalue weighted by Crippen LogP contribution is 2.30. The Kier molecular flexibility index (Phi) is 3.26. The fourth-order valence-corrected chi connectivity index (χ4v) is 2.73. The number of ketones is 1. The van der Waals surface area contributed by atoms with E-state index in [1.54, 1.807) is 6.92 Å². The van der Waals surface area contributed by atoms with Gasteiger partial charge in [0.25, 0.3) is 0 Å². The topological polar surface area (TPSA) is 22.0 Å². The number of aryl methyl sites for hydroxylation is 1. The summed E-state index contributed by atoms with van der Waals surface area (Å²) < 4.78 is 14.6. The quantitative estimate of drug-likeness (QED) is 0.645. The third kappa shape index (κ3) is 1.99. The molecule has 1 heterocycles. The molecule has 0 aliphatic heterocycles. The number of aromatic nitrogens is 1. The molecule has 0 fully saturated rings. The monoisotopic (exact) mass is 269 g/mol. The first-order valence-corrected chi connectivity index (χ1v) is 6.80. The smallest absolute Gasteiger partial charge is 0.159 e. The van der Waals surface area contributed by atoms with Crippen LogP contribution in [-0.4, -0.2) is 17.0 Å². The second kappa shape index (κ2) is 5.08. The number of rotatable bonds is 4. The van der Waals surface area contributed by atoms with E-state index in [2.05, 4.69) is 10.6 Å². The molecule has 0 saturated heterocycles. The van der Waals surface area contributed by atoms with Crippen LogP contribution in [0.2, 0.25) is 0 Å². The van der Waals surface area contributed by atoms with E-state index in [1.165, 1.54) is 0 Å². The normalized spacial score (nSPS) is 11.3. The fraction of sp³-hybridized carbons (Fsp3) is 0.235. The van der Waals surface area contributed by atoms with Crippen molar-refractivity contribution in [2.24, 2.45) is 0 Å². The highest BCUT2D eigenvalue weighted by atomic mass is 19.1. The van der Waals surface area contributed by atoms with Gasteiger partial charge in [0.05, 0.1) is 6.67 Å². The lowest BCUT2D eigenvalue weighted by Gasteiger charge is -2.06. The highest BCUT2D eigenvalue weighted by Gasteiger charge is 2.11. The van der Waals surface area contributed by atoms with Crippen molar-refractivity contribution in [3.05, 3.63) is 48.0 Å². The summed E-state index contributed by atoms with van der Waals surface area (Å²) in [4.78, 5) is 11.6. The fourth-order valence-electron chi connectivity index (χ4n) is 2.73. The lowest BCUT2D eigenvalue weighted by atomic mass is 10.1. The number of halogens is 1. The summed E-state index contributed by atoms with van der Waals surface area (Å²) in [6.45, 7) is 1.86. The first kappa shape index (κ1) is 12.9. The van der Waals surface area contributed by atoms with Crippen molar-refractivity contribution in [2.75, 3.05) is 6.67 Å². The Labute approximate surface area is 116 Å². The molecule has 0 spiro atoms. The number of Topliss-reactive ketones (excluding diaryl/α,β-unsaturated/α-hetero) is 1. The van der Waals surface area contributed by atoms with Gasteiger partial charge < -0.3 is 4.57 Å². The minimum atomic E-state index is -0.333. The van der Waals surface area contributed by atoms with Gasteiger partial charge in [0, 0.05) is 33.9 Å².